The van der Waals surface area contributed by atoms with Crippen LogP contribution in [-0.2, 0) is 3.79 Å². The molecule has 2 heterocycles. The van der Waals surface area contributed by atoms with Gasteiger partial charge in [0.15, 0.2) is 11.6 Å². The summed E-state index contributed by atoms with van der Waals surface area (Å²) in [5, 5.41) is 3.16. The van der Waals surface area contributed by atoms with Crippen LogP contribution < -0.4 is 5.32 Å². The summed E-state index contributed by atoms with van der Waals surface area (Å²) < 4.78 is 11.4. The molecule has 1 aliphatic rings. The highest BCUT2D eigenvalue weighted by Crippen LogP contribution is 2.36. The van der Waals surface area contributed by atoms with Gasteiger partial charge < -0.3 is 10.2 Å². The summed E-state index contributed by atoms with van der Waals surface area (Å²) in [6.07, 6.45) is 3.50. The zero-order valence-electron chi connectivity index (χ0n) is 14.1. The van der Waals surface area contributed by atoms with E-state index in [1.807, 2.05) is 0 Å². The predicted octanol–water partition coefficient (Wildman–Crippen LogP) is 4.40. The number of benzene rings is 1. The number of hydrogen-bond donors (Lipinski definition) is 1. The third-order valence-corrected chi connectivity index (χ3v) is 4.63. The Morgan fingerprint density at radius 2 is 1.73 bits per heavy atom. The smallest absolute Gasteiger partial charge is 0.250 e. The quantitative estimate of drug-likeness (QED) is 0.556. The Hall–Kier alpha value is -1.21. The van der Waals surface area contributed by atoms with Crippen molar-refractivity contribution in [2.75, 3.05) is 31.5 Å². The van der Waals surface area contributed by atoms with Gasteiger partial charge in [0.1, 0.15) is 5.82 Å². The molecule has 0 atom stereocenters. The minimum absolute atomic E-state index is 0.0267. The SMILES string of the molecule is Fc1ccc(-c2nc(NCCCN3CCCC3)nc(C(Cl)(Cl)Cl)n2)cc1. The van der Waals surface area contributed by atoms with Crippen LogP contribution in [0.2, 0.25) is 0 Å². The lowest BCUT2D eigenvalue weighted by atomic mass is 10.2. The van der Waals surface area contributed by atoms with Crippen molar-refractivity contribution in [2.45, 2.75) is 23.1 Å². The first-order valence-corrected chi connectivity index (χ1v) is 9.61. The second-order valence-corrected chi connectivity index (χ2v) is 8.42. The van der Waals surface area contributed by atoms with E-state index in [4.69, 9.17) is 34.8 Å². The number of aromatic nitrogens is 3. The van der Waals surface area contributed by atoms with Crippen LogP contribution in [0.5, 0.6) is 0 Å². The van der Waals surface area contributed by atoms with E-state index in [0.29, 0.717) is 23.9 Å². The van der Waals surface area contributed by atoms with Crippen LogP contribution in [0.4, 0.5) is 10.3 Å². The Kier molecular flexibility index (Phi) is 6.51. The van der Waals surface area contributed by atoms with Crippen LogP contribution in [0.1, 0.15) is 25.1 Å². The maximum Gasteiger partial charge on any atom is 0.250 e. The van der Waals surface area contributed by atoms with Gasteiger partial charge in [-0.25, -0.2) is 9.37 Å². The Balaban J connectivity index is 1.73. The molecule has 0 amide bonds. The van der Waals surface area contributed by atoms with E-state index in [1.54, 1.807) is 12.1 Å². The van der Waals surface area contributed by atoms with Crippen molar-refractivity contribution in [1.82, 2.24) is 19.9 Å². The van der Waals surface area contributed by atoms with Gasteiger partial charge in [0.05, 0.1) is 0 Å². The lowest BCUT2D eigenvalue weighted by Gasteiger charge is -2.15. The topological polar surface area (TPSA) is 53.9 Å². The van der Waals surface area contributed by atoms with Crippen LogP contribution >= 0.6 is 34.8 Å². The number of anilines is 1. The summed E-state index contributed by atoms with van der Waals surface area (Å²) in [5.41, 5.74) is 0.615. The standard InChI is InChI=1S/C17H19Cl3FN5/c18-17(19,20)15-23-14(12-4-6-13(21)7-5-12)24-16(25-15)22-8-3-11-26-9-1-2-10-26/h4-7H,1-3,8-11H2,(H,22,23,24,25). The number of likely N-dealkylation sites (tertiary alicyclic amines) is 1. The van der Waals surface area contributed by atoms with Gasteiger partial charge in [-0.2, -0.15) is 9.97 Å². The third-order valence-electron chi connectivity index (χ3n) is 4.12. The van der Waals surface area contributed by atoms with Gasteiger partial charge in [0, 0.05) is 12.1 Å². The fourth-order valence-electron chi connectivity index (χ4n) is 2.82. The molecule has 0 radical (unpaired) electrons. The summed E-state index contributed by atoms with van der Waals surface area (Å²) in [6, 6.07) is 5.81. The van der Waals surface area contributed by atoms with E-state index in [0.717, 1.165) is 26.1 Å². The van der Waals surface area contributed by atoms with Crippen LogP contribution in [-0.4, -0.2) is 46.0 Å². The van der Waals surface area contributed by atoms with Crippen LogP contribution in [0.3, 0.4) is 0 Å². The molecule has 0 unspecified atom stereocenters. The molecular formula is C17H19Cl3FN5. The molecule has 1 N–H and O–H groups in total. The molecule has 1 fully saturated rings. The maximum atomic E-state index is 13.2. The lowest BCUT2D eigenvalue weighted by molar-refractivity contribution is 0.337. The molecule has 2 aromatic rings. The zero-order valence-corrected chi connectivity index (χ0v) is 16.3. The Bertz CT molecular complexity index is 730. The number of nitrogens with zero attached hydrogens (tertiary/aromatic N) is 4. The van der Waals surface area contributed by atoms with E-state index in [-0.39, 0.29) is 11.6 Å². The molecule has 0 saturated carbocycles. The highest BCUT2D eigenvalue weighted by molar-refractivity contribution is 6.66. The van der Waals surface area contributed by atoms with Crippen LogP contribution in [0.15, 0.2) is 24.3 Å². The Morgan fingerprint density at radius 1 is 1.04 bits per heavy atom. The van der Waals surface area contributed by atoms with Gasteiger partial charge in [-0.3, -0.25) is 0 Å². The van der Waals surface area contributed by atoms with Gasteiger partial charge in [-0.05, 0) is 63.2 Å². The maximum absolute atomic E-state index is 13.2. The minimum atomic E-state index is -1.77. The van der Waals surface area contributed by atoms with Gasteiger partial charge in [0.2, 0.25) is 9.74 Å². The van der Waals surface area contributed by atoms with Crippen LogP contribution in [0, 0.1) is 5.82 Å². The van der Waals surface area contributed by atoms with E-state index in [9.17, 15) is 4.39 Å². The summed E-state index contributed by atoms with van der Waals surface area (Å²) in [4.78, 5) is 15.2. The van der Waals surface area contributed by atoms with Gasteiger partial charge in [0.25, 0.3) is 0 Å². The summed E-state index contributed by atoms with van der Waals surface area (Å²) in [6.45, 7) is 4.05. The lowest BCUT2D eigenvalue weighted by Crippen LogP contribution is -2.23. The number of hydrogen-bond acceptors (Lipinski definition) is 5. The molecule has 140 valence electrons. The highest BCUT2D eigenvalue weighted by Gasteiger charge is 2.28. The highest BCUT2D eigenvalue weighted by atomic mass is 35.6. The third kappa shape index (κ3) is 5.39. The second kappa shape index (κ2) is 8.65. The molecule has 5 nitrogen and oxygen atoms in total. The molecule has 1 saturated heterocycles. The molecule has 1 aromatic carbocycles. The van der Waals surface area contributed by atoms with Gasteiger partial charge >= 0.3 is 0 Å². The van der Waals surface area contributed by atoms with E-state index in [1.165, 1.54) is 25.0 Å². The van der Waals surface area contributed by atoms with Crippen molar-refractivity contribution >= 4 is 40.8 Å². The van der Waals surface area contributed by atoms with Crippen molar-refractivity contribution in [3.8, 4) is 11.4 Å². The molecule has 0 spiro atoms. The van der Waals surface area contributed by atoms with Crippen molar-refractivity contribution in [2.24, 2.45) is 0 Å². The monoisotopic (exact) mass is 417 g/mol. The van der Waals surface area contributed by atoms with Gasteiger partial charge in [-0.1, -0.05) is 34.8 Å². The molecule has 0 aliphatic carbocycles. The number of halogens is 4. The van der Waals surface area contributed by atoms with Crippen molar-refractivity contribution in [3.63, 3.8) is 0 Å². The molecule has 9 heteroatoms. The summed E-state index contributed by atoms with van der Waals surface area (Å²) >= 11 is 17.8. The van der Waals surface area contributed by atoms with Crippen molar-refractivity contribution < 1.29 is 4.39 Å². The normalized spacial score (nSPS) is 15.4. The predicted molar refractivity (Wildman–Crippen MR) is 103 cm³/mol. The first-order chi connectivity index (χ1) is 12.4. The number of alkyl halides is 3. The van der Waals surface area contributed by atoms with E-state index < -0.39 is 3.79 Å². The molecular weight excluding hydrogens is 400 g/mol. The van der Waals surface area contributed by atoms with E-state index in [2.05, 4.69) is 25.2 Å². The average molecular weight is 419 g/mol. The molecule has 0 bridgehead atoms. The van der Waals surface area contributed by atoms with Crippen LogP contribution in [0.25, 0.3) is 11.4 Å². The second-order valence-electron chi connectivity index (χ2n) is 6.14. The zero-order chi connectivity index (χ0) is 18.6. The Labute approximate surface area is 166 Å². The minimum Gasteiger partial charge on any atom is -0.354 e. The fraction of sp³-hybridized carbons (Fsp3) is 0.471. The van der Waals surface area contributed by atoms with Gasteiger partial charge in [-0.15, -0.1) is 0 Å². The molecule has 26 heavy (non-hydrogen) atoms. The molecule has 1 aliphatic heterocycles. The van der Waals surface area contributed by atoms with Crippen molar-refractivity contribution in [3.05, 3.63) is 35.9 Å². The number of nitrogens with one attached hydrogen (secondary N) is 1. The molecule has 1 aromatic heterocycles. The largest absolute Gasteiger partial charge is 0.354 e. The summed E-state index contributed by atoms with van der Waals surface area (Å²) in [5.74, 6) is 0.342. The average Bonchev–Trinajstić information content (AvgIpc) is 3.12. The fourth-order valence-corrected chi connectivity index (χ4v) is 3.07. The molecule has 3 rings (SSSR count). The van der Waals surface area contributed by atoms with E-state index >= 15 is 0 Å². The Morgan fingerprint density at radius 3 is 2.38 bits per heavy atom. The first-order valence-electron chi connectivity index (χ1n) is 8.47. The van der Waals surface area contributed by atoms with Crippen molar-refractivity contribution in [1.29, 1.82) is 0 Å². The first kappa shape index (κ1) is 19.5. The number of rotatable bonds is 6. The summed E-state index contributed by atoms with van der Waals surface area (Å²) in [7, 11) is 0.